The number of likely N-dealkylation sites (tertiary alicyclic amines) is 1. The van der Waals surface area contributed by atoms with Crippen LogP contribution in [-0.4, -0.2) is 30.4 Å². The first-order valence-corrected chi connectivity index (χ1v) is 9.33. The number of hydrogen-bond acceptors (Lipinski definition) is 3. The predicted molar refractivity (Wildman–Crippen MR) is 94.3 cm³/mol. The van der Waals surface area contributed by atoms with Gasteiger partial charge in [-0.1, -0.05) is 6.07 Å². The maximum Gasteiger partial charge on any atom is 0.252 e. The van der Waals surface area contributed by atoms with Crippen molar-refractivity contribution in [2.75, 3.05) is 19.6 Å². The number of nitrogens with one attached hydrogen (secondary N) is 1. The summed E-state index contributed by atoms with van der Waals surface area (Å²) in [6.07, 6.45) is 2.40. The number of carbonyl (C=O) groups excluding carboxylic acids is 1. The van der Waals surface area contributed by atoms with Gasteiger partial charge in [0.15, 0.2) is 0 Å². The number of rotatable bonds is 5. The Labute approximate surface area is 147 Å². The van der Waals surface area contributed by atoms with Gasteiger partial charge in [-0.2, -0.15) is 0 Å². The van der Waals surface area contributed by atoms with Crippen LogP contribution in [0.25, 0.3) is 0 Å². The third-order valence-corrected chi connectivity index (χ3v) is 5.75. The number of amides is 1. The fourth-order valence-corrected chi connectivity index (χ4v) is 4.19. The number of hydrogen-bond donors (Lipinski definition) is 1. The summed E-state index contributed by atoms with van der Waals surface area (Å²) in [5.74, 6) is -0.662. The van der Waals surface area contributed by atoms with E-state index in [0.29, 0.717) is 16.6 Å². The maximum atomic E-state index is 13.4. The monoisotopic (exact) mass is 396 g/mol. The second-order valence-electron chi connectivity index (χ2n) is 5.61. The summed E-state index contributed by atoms with van der Waals surface area (Å²) >= 11 is 5.02. The predicted octanol–water partition coefficient (Wildman–Crippen LogP) is 4.22. The molecule has 1 aromatic heterocycles. The lowest BCUT2D eigenvalue weighted by atomic mass is 10.1. The molecule has 23 heavy (non-hydrogen) atoms. The van der Waals surface area contributed by atoms with E-state index in [1.165, 1.54) is 29.9 Å². The van der Waals surface area contributed by atoms with Gasteiger partial charge in [-0.25, -0.2) is 4.39 Å². The highest BCUT2D eigenvalue weighted by Gasteiger charge is 2.25. The molecule has 6 heteroatoms. The Morgan fingerprint density at radius 3 is 2.83 bits per heavy atom. The standard InChI is InChI=1S/C17H18BrFN2OS/c18-14-6-5-12(19)10-13(14)17(22)20-11-15(16-4-3-9-23-16)21-7-1-2-8-21/h3-6,9-10,15H,1-2,7-8,11H2,(H,20,22)/t15-/m1/s1. The quantitative estimate of drug-likeness (QED) is 0.820. The number of halogens is 2. The molecule has 1 aliphatic heterocycles. The minimum absolute atomic E-state index is 0.189. The van der Waals surface area contributed by atoms with Crippen LogP contribution in [0, 0.1) is 5.82 Å². The van der Waals surface area contributed by atoms with E-state index < -0.39 is 5.82 Å². The third kappa shape index (κ3) is 4.00. The van der Waals surface area contributed by atoms with E-state index in [4.69, 9.17) is 0 Å². The summed E-state index contributed by atoms with van der Waals surface area (Å²) in [6, 6.07) is 8.48. The molecule has 1 amide bonds. The van der Waals surface area contributed by atoms with Crippen molar-refractivity contribution in [2.24, 2.45) is 0 Å². The lowest BCUT2D eigenvalue weighted by molar-refractivity contribution is 0.0937. The van der Waals surface area contributed by atoms with Crippen molar-refractivity contribution < 1.29 is 9.18 Å². The smallest absolute Gasteiger partial charge is 0.252 e. The van der Waals surface area contributed by atoms with E-state index in [2.05, 4.69) is 37.6 Å². The summed E-state index contributed by atoms with van der Waals surface area (Å²) in [7, 11) is 0. The molecule has 1 saturated heterocycles. The van der Waals surface area contributed by atoms with Crippen LogP contribution in [0.15, 0.2) is 40.2 Å². The minimum atomic E-state index is -0.410. The van der Waals surface area contributed by atoms with Gasteiger partial charge >= 0.3 is 0 Å². The first kappa shape index (κ1) is 16.6. The molecule has 0 radical (unpaired) electrons. The summed E-state index contributed by atoms with van der Waals surface area (Å²) in [5.41, 5.74) is 0.330. The molecule has 2 heterocycles. The van der Waals surface area contributed by atoms with Crippen LogP contribution in [0.1, 0.15) is 34.1 Å². The molecular weight excluding hydrogens is 379 g/mol. The van der Waals surface area contributed by atoms with Crippen molar-refractivity contribution in [2.45, 2.75) is 18.9 Å². The molecular formula is C17H18BrFN2OS. The number of thiophene rings is 1. The average molecular weight is 397 g/mol. The normalized spacial score (nSPS) is 16.4. The van der Waals surface area contributed by atoms with Gasteiger partial charge < -0.3 is 5.32 Å². The largest absolute Gasteiger partial charge is 0.350 e. The highest BCUT2D eigenvalue weighted by Crippen LogP contribution is 2.28. The number of nitrogens with zero attached hydrogens (tertiary/aromatic N) is 1. The van der Waals surface area contributed by atoms with Crippen molar-refractivity contribution >= 4 is 33.2 Å². The summed E-state index contributed by atoms with van der Waals surface area (Å²) < 4.78 is 14.0. The van der Waals surface area contributed by atoms with Crippen LogP contribution in [0.5, 0.6) is 0 Å². The van der Waals surface area contributed by atoms with Gasteiger partial charge in [0.05, 0.1) is 11.6 Å². The Morgan fingerprint density at radius 2 is 2.13 bits per heavy atom. The molecule has 1 N–H and O–H groups in total. The molecule has 3 rings (SSSR count). The molecule has 1 aliphatic rings. The lowest BCUT2D eigenvalue weighted by Crippen LogP contribution is -2.36. The SMILES string of the molecule is O=C(NC[C@H](c1cccs1)N1CCCC1)c1cc(F)ccc1Br. The average Bonchev–Trinajstić information content (AvgIpc) is 3.23. The number of carbonyl (C=O) groups is 1. The first-order chi connectivity index (χ1) is 11.1. The van der Waals surface area contributed by atoms with Gasteiger partial charge in [-0.05, 0) is 71.5 Å². The molecule has 1 fully saturated rings. The Kier molecular flexibility index (Phi) is 5.46. The minimum Gasteiger partial charge on any atom is -0.350 e. The van der Waals surface area contributed by atoms with E-state index in [1.54, 1.807) is 17.4 Å². The van der Waals surface area contributed by atoms with Crippen molar-refractivity contribution in [1.29, 1.82) is 0 Å². The zero-order valence-electron chi connectivity index (χ0n) is 12.6. The Balaban J connectivity index is 1.71. The maximum absolute atomic E-state index is 13.4. The molecule has 0 spiro atoms. The van der Waals surface area contributed by atoms with Gasteiger partial charge in [0, 0.05) is 15.9 Å². The van der Waals surface area contributed by atoms with Crippen LogP contribution >= 0.6 is 27.3 Å². The topological polar surface area (TPSA) is 32.3 Å². The van der Waals surface area contributed by atoms with Crippen LogP contribution < -0.4 is 5.32 Å². The molecule has 1 atom stereocenters. The Morgan fingerprint density at radius 1 is 1.35 bits per heavy atom. The van der Waals surface area contributed by atoms with Gasteiger partial charge in [0.2, 0.25) is 0 Å². The van der Waals surface area contributed by atoms with Crippen LogP contribution in [0.2, 0.25) is 0 Å². The Bertz CT molecular complexity index is 671. The summed E-state index contributed by atoms with van der Waals surface area (Å²) in [5, 5.41) is 5.02. The number of benzene rings is 1. The highest BCUT2D eigenvalue weighted by atomic mass is 79.9. The van der Waals surface area contributed by atoms with E-state index in [0.717, 1.165) is 13.1 Å². The van der Waals surface area contributed by atoms with Gasteiger partial charge in [-0.15, -0.1) is 11.3 Å². The molecule has 0 aliphatic carbocycles. The van der Waals surface area contributed by atoms with E-state index in [1.807, 2.05) is 6.07 Å². The zero-order chi connectivity index (χ0) is 16.2. The molecule has 3 nitrogen and oxygen atoms in total. The molecule has 0 unspecified atom stereocenters. The van der Waals surface area contributed by atoms with Crippen molar-refractivity contribution in [3.05, 3.63) is 56.4 Å². The molecule has 0 saturated carbocycles. The Hall–Kier alpha value is -1.24. The fraction of sp³-hybridized carbons (Fsp3) is 0.353. The molecule has 2 aromatic rings. The van der Waals surface area contributed by atoms with Crippen molar-refractivity contribution in [3.63, 3.8) is 0 Å². The summed E-state index contributed by atoms with van der Waals surface area (Å²) in [4.78, 5) is 16.0. The zero-order valence-corrected chi connectivity index (χ0v) is 15.0. The van der Waals surface area contributed by atoms with Crippen LogP contribution in [-0.2, 0) is 0 Å². The highest BCUT2D eigenvalue weighted by molar-refractivity contribution is 9.10. The van der Waals surface area contributed by atoms with Gasteiger partial charge in [0.25, 0.3) is 5.91 Å². The van der Waals surface area contributed by atoms with Crippen molar-refractivity contribution in [1.82, 2.24) is 10.2 Å². The third-order valence-electron chi connectivity index (χ3n) is 4.08. The van der Waals surface area contributed by atoms with Crippen LogP contribution in [0.3, 0.4) is 0 Å². The van der Waals surface area contributed by atoms with Gasteiger partial charge in [0.1, 0.15) is 5.82 Å². The second-order valence-corrected chi connectivity index (χ2v) is 7.44. The van der Waals surface area contributed by atoms with E-state index >= 15 is 0 Å². The fourth-order valence-electron chi connectivity index (χ4n) is 2.90. The van der Waals surface area contributed by atoms with Crippen molar-refractivity contribution in [3.8, 4) is 0 Å². The molecule has 0 bridgehead atoms. The summed E-state index contributed by atoms with van der Waals surface area (Å²) in [6.45, 7) is 2.65. The van der Waals surface area contributed by atoms with E-state index in [-0.39, 0.29) is 11.9 Å². The van der Waals surface area contributed by atoms with Crippen LogP contribution in [0.4, 0.5) is 4.39 Å². The molecule has 122 valence electrons. The first-order valence-electron chi connectivity index (χ1n) is 7.66. The molecule has 1 aromatic carbocycles. The van der Waals surface area contributed by atoms with Gasteiger partial charge in [-0.3, -0.25) is 9.69 Å². The lowest BCUT2D eigenvalue weighted by Gasteiger charge is -2.27. The second kappa shape index (κ2) is 7.55. The van der Waals surface area contributed by atoms with E-state index in [9.17, 15) is 9.18 Å².